The minimum atomic E-state index is -0.839. The fourth-order valence-electron chi connectivity index (χ4n) is 2.26. The number of carboxylic acids is 1. The van der Waals surface area contributed by atoms with Gasteiger partial charge in [-0.1, -0.05) is 37.1 Å². The van der Waals surface area contributed by atoms with E-state index in [1.54, 1.807) is 4.68 Å². The van der Waals surface area contributed by atoms with Crippen LogP contribution >= 0.6 is 0 Å². The van der Waals surface area contributed by atoms with Gasteiger partial charge in [0.15, 0.2) is 5.82 Å². The number of aryl methyl sites for hydroxylation is 1. The van der Waals surface area contributed by atoms with Gasteiger partial charge < -0.3 is 5.11 Å². The highest BCUT2D eigenvalue weighted by atomic mass is 16.4. The Balaban J connectivity index is 2.37. The molecular formula is C14H18N4O2. The molecule has 6 nitrogen and oxygen atoms in total. The van der Waals surface area contributed by atoms with Crippen LogP contribution in [0.1, 0.15) is 37.8 Å². The topological polar surface area (TPSA) is 80.9 Å². The molecule has 1 aromatic carbocycles. The molecule has 0 aliphatic rings. The number of rotatable bonds is 6. The number of hydrogen-bond donors (Lipinski definition) is 1. The second kappa shape index (κ2) is 6.27. The van der Waals surface area contributed by atoms with E-state index in [-0.39, 0.29) is 12.5 Å². The second-order valence-electron chi connectivity index (χ2n) is 4.86. The van der Waals surface area contributed by atoms with Gasteiger partial charge in [-0.05, 0) is 29.8 Å². The Morgan fingerprint density at radius 2 is 2.25 bits per heavy atom. The molecule has 0 saturated heterocycles. The lowest BCUT2D eigenvalue weighted by molar-refractivity contribution is -0.138. The number of aliphatic carboxylic acids is 1. The zero-order valence-electron chi connectivity index (χ0n) is 11.7. The van der Waals surface area contributed by atoms with Crippen LogP contribution in [0.4, 0.5) is 0 Å². The van der Waals surface area contributed by atoms with Gasteiger partial charge in [-0.2, -0.15) is 0 Å². The molecule has 2 rings (SSSR count). The van der Waals surface area contributed by atoms with Gasteiger partial charge in [0, 0.05) is 5.56 Å². The average molecular weight is 274 g/mol. The normalized spacial score (nSPS) is 12.3. The van der Waals surface area contributed by atoms with Crippen molar-refractivity contribution in [1.29, 1.82) is 0 Å². The van der Waals surface area contributed by atoms with Crippen LogP contribution in [0.25, 0.3) is 11.4 Å². The van der Waals surface area contributed by atoms with Gasteiger partial charge in [-0.25, -0.2) is 4.68 Å². The van der Waals surface area contributed by atoms with Crippen molar-refractivity contribution in [2.45, 2.75) is 39.2 Å². The third-order valence-electron chi connectivity index (χ3n) is 3.15. The number of nitrogens with zero attached hydrogens (tertiary/aromatic N) is 4. The van der Waals surface area contributed by atoms with Gasteiger partial charge in [0.2, 0.25) is 0 Å². The maximum absolute atomic E-state index is 11.0. The SMILES string of the molecule is CCCC(CC(=O)O)n1nnnc1-c1cccc(C)c1. The lowest BCUT2D eigenvalue weighted by Gasteiger charge is -2.15. The third-order valence-corrected chi connectivity index (χ3v) is 3.15. The summed E-state index contributed by atoms with van der Waals surface area (Å²) < 4.78 is 1.63. The molecule has 0 amide bonds. The maximum Gasteiger partial charge on any atom is 0.305 e. The fourth-order valence-corrected chi connectivity index (χ4v) is 2.26. The monoisotopic (exact) mass is 274 g/mol. The first-order chi connectivity index (χ1) is 9.61. The smallest absolute Gasteiger partial charge is 0.305 e. The van der Waals surface area contributed by atoms with Crippen LogP contribution in [0.2, 0.25) is 0 Å². The number of aromatic nitrogens is 4. The first-order valence-corrected chi connectivity index (χ1v) is 6.68. The van der Waals surface area contributed by atoms with Gasteiger partial charge in [-0.3, -0.25) is 4.79 Å². The summed E-state index contributed by atoms with van der Waals surface area (Å²) in [6, 6.07) is 7.64. The van der Waals surface area contributed by atoms with Gasteiger partial charge in [0.05, 0.1) is 12.5 Å². The summed E-state index contributed by atoms with van der Waals surface area (Å²) in [7, 11) is 0. The molecule has 0 fully saturated rings. The number of hydrogen-bond acceptors (Lipinski definition) is 4. The highest BCUT2D eigenvalue weighted by Gasteiger charge is 2.20. The highest BCUT2D eigenvalue weighted by Crippen LogP contribution is 2.24. The first kappa shape index (κ1) is 14.2. The molecule has 1 N–H and O–H groups in total. The fraction of sp³-hybridized carbons (Fsp3) is 0.429. The summed E-state index contributed by atoms with van der Waals surface area (Å²) in [5.41, 5.74) is 2.02. The molecule has 1 heterocycles. The molecule has 0 spiro atoms. The van der Waals surface area contributed by atoms with Crippen LogP contribution in [-0.2, 0) is 4.79 Å². The number of benzene rings is 1. The molecule has 0 saturated carbocycles. The minimum absolute atomic E-state index is 0.0255. The number of carbonyl (C=O) groups is 1. The van der Waals surface area contributed by atoms with Crippen molar-refractivity contribution in [3.63, 3.8) is 0 Å². The van der Waals surface area contributed by atoms with Crippen LogP contribution in [0.3, 0.4) is 0 Å². The van der Waals surface area contributed by atoms with E-state index in [9.17, 15) is 4.79 Å². The molecule has 2 aromatic rings. The van der Waals surface area contributed by atoms with Crippen LogP contribution in [-0.4, -0.2) is 31.3 Å². The van der Waals surface area contributed by atoms with E-state index in [0.29, 0.717) is 5.82 Å². The molecule has 1 aromatic heterocycles. The summed E-state index contributed by atoms with van der Waals surface area (Å²) >= 11 is 0. The van der Waals surface area contributed by atoms with Crippen LogP contribution in [0.5, 0.6) is 0 Å². The van der Waals surface area contributed by atoms with Crippen molar-refractivity contribution < 1.29 is 9.90 Å². The summed E-state index contributed by atoms with van der Waals surface area (Å²) in [6.07, 6.45) is 1.64. The van der Waals surface area contributed by atoms with Gasteiger partial charge >= 0.3 is 5.97 Å². The number of carboxylic acid groups (broad SMARTS) is 1. The first-order valence-electron chi connectivity index (χ1n) is 6.68. The Kier molecular flexibility index (Phi) is 4.45. The Bertz CT molecular complexity index is 594. The largest absolute Gasteiger partial charge is 0.481 e. The van der Waals surface area contributed by atoms with Gasteiger partial charge in [0.1, 0.15) is 0 Å². The Hall–Kier alpha value is -2.24. The maximum atomic E-state index is 11.0. The van der Waals surface area contributed by atoms with Crippen molar-refractivity contribution >= 4 is 5.97 Å². The van der Waals surface area contributed by atoms with Gasteiger partial charge in [-0.15, -0.1) is 5.10 Å². The molecule has 1 atom stereocenters. The van der Waals surface area contributed by atoms with E-state index in [4.69, 9.17) is 5.11 Å². The summed E-state index contributed by atoms with van der Waals surface area (Å²) in [5, 5.41) is 20.8. The van der Waals surface area contributed by atoms with Crippen LogP contribution < -0.4 is 0 Å². The standard InChI is InChI=1S/C14H18N4O2/c1-3-5-12(9-13(19)20)18-14(15-16-17-18)11-7-4-6-10(2)8-11/h4,6-8,12H,3,5,9H2,1-2H3,(H,19,20). The molecule has 0 aliphatic heterocycles. The van der Waals surface area contributed by atoms with E-state index in [1.807, 2.05) is 38.1 Å². The quantitative estimate of drug-likeness (QED) is 0.875. The Morgan fingerprint density at radius 3 is 2.90 bits per heavy atom. The Morgan fingerprint density at radius 1 is 1.45 bits per heavy atom. The van der Waals surface area contributed by atoms with Crippen molar-refractivity contribution in [1.82, 2.24) is 20.2 Å². The highest BCUT2D eigenvalue weighted by molar-refractivity contribution is 5.67. The predicted molar refractivity (Wildman–Crippen MR) is 74.2 cm³/mol. The molecular weight excluding hydrogens is 256 g/mol. The van der Waals surface area contributed by atoms with E-state index < -0.39 is 5.97 Å². The average Bonchev–Trinajstić information content (AvgIpc) is 2.86. The molecule has 0 aliphatic carbocycles. The van der Waals surface area contributed by atoms with Crippen molar-refractivity contribution in [2.24, 2.45) is 0 Å². The molecule has 0 radical (unpaired) electrons. The van der Waals surface area contributed by atoms with Crippen molar-refractivity contribution in [3.05, 3.63) is 29.8 Å². The molecule has 0 bridgehead atoms. The summed E-state index contributed by atoms with van der Waals surface area (Å²) in [5.74, 6) is -0.220. The molecule has 106 valence electrons. The molecule has 6 heteroatoms. The summed E-state index contributed by atoms with van der Waals surface area (Å²) in [4.78, 5) is 11.0. The van der Waals surface area contributed by atoms with E-state index in [2.05, 4.69) is 15.5 Å². The lowest BCUT2D eigenvalue weighted by atomic mass is 10.1. The van der Waals surface area contributed by atoms with Crippen molar-refractivity contribution in [3.8, 4) is 11.4 Å². The minimum Gasteiger partial charge on any atom is -0.481 e. The van der Waals surface area contributed by atoms with Crippen molar-refractivity contribution in [2.75, 3.05) is 0 Å². The zero-order chi connectivity index (χ0) is 14.5. The summed E-state index contributed by atoms with van der Waals surface area (Å²) in [6.45, 7) is 4.02. The van der Waals surface area contributed by atoms with E-state index >= 15 is 0 Å². The predicted octanol–water partition coefficient (Wildman–Crippen LogP) is 2.46. The van der Waals surface area contributed by atoms with Gasteiger partial charge in [0.25, 0.3) is 0 Å². The van der Waals surface area contributed by atoms with E-state index in [1.165, 1.54) is 0 Å². The third kappa shape index (κ3) is 3.20. The second-order valence-corrected chi connectivity index (χ2v) is 4.86. The Labute approximate surface area is 117 Å². The van der Waals surface area contributed by atoms with Crippen LogP contribution in [0.15, 0.2) is 24.3 Å². The van der Waals surface area contributed by atoms with Crippen LogP contribution in [0, 0.1) is 6.92 Å². The van der Waals surface area contributed by atoms with E-state index in [0.717, 1.165) is 24.0 Å². The number of tetrazole rings is 1. The molecule has 1 unspecified atom stereocenters. The molecule has 20 heavy (non-hydrogen) atoms. The lowest BCUT2D eigenvalue weighted by Crippen LogP contribution is -2.16. The zero-order valence-corrected chi connectivity index (χ0v) is 11.7.